The molecule has 1 aromatic rings. The number of terminal acetylenes is 1. The van der Waals surface area contributed by atoms with Crippen LogP contribution in [0.3, 0.4) is 0 Å². The molecule has 2 aliphatic heterocycles. The van der Waals surface area contributed by atoms with Crippen molar-refractivity contribution >= 4 is 41.1 Å². The maximum atomic E-state index is 12.1. The van der Waals surface area contributed by atoms with Gasteiger partial charge in [0.25, 0.3) is 0 Å². The van der Waals surface area contributed by atoms with E-state index < -0.39 is 71.6 Å². The largest absolute Gasteiger partial charge is 0.463 e. The smallest absolute Gasteiger partial charge is 0.303 e. The van der Waals surface area contributed by atoms with Crippen LogP contribution in [0.4, 0.5) is 0 Å². The van der Waals surface area contributed by atoms with Crippen LogP contribution in [-0.4, -0.2) is 93.9 Å². The van der Waals surface area contributed by atoms with Gasteiger partial charge in [0.15, 0.2) is 12.4 Å². The Morgan fingerprint density at radius 2 is 1.83 bits per heavy atom. The minimum atomic E-state index is -1.67. The van der Waals surface area contributed by atoms with Crippen LogP contribution in [-0.2, 0) is 60.7 Å². The van der Waals surface area contributed by atoms with Crippen molar-refractivity contribution in [2.75, 3.05) is 19.1 Å². The van der Waals surface area contributed by atoms with Gasteiger partial charge < -0.3 is 33.2 Å². The van der Waals surface area contributed by atoms with Gasteiger partial charge in [0.1, 0.15) is 36.5 Å². The Kier molecular flexibility index (Phi) is 11.8. The molecule has 0 aliphatic carbocycles. The van der Waals surface area contributed by atoms with Crippen molar-refractivity contribution in [3.8, 4) is 12.3 Å². The molecule has 0 aromatic carbocycles. The summed E-state index contributed by atoms with van der Waals surface area (Å²) in [6, 6.07) is 0. The fourth-order valence-electron chi connectivity index (χ4n) is 4.79. The van der Waals surface area contributed by atoms with Crippen LogP contribution in [0.5, 0.6) is 0 Å². The van der Waals surface area contributed by atoms with Crippen LogP contribution >= 0.6 is 23.2 Å². The molecule has 3 rings (SSSR count). The minimum Gasteiger partial charge on any atom is -0.463 e. The number of carbonyl (C=O) groups is 3. The molecule has 0 bridgehead atoms. The molecule has 41 heavy (non-hydrogen) atoms. The van der Waals surface area contributed by atoms with Crippen LogP contribution in [0.15, 0.2) is 6.20 Å². The Labute approximate surface area is 248 Å². The van der Waals surface area contributed by atoms with Crippen LogP contribution in [0.25, 0.3) is 0 Å². The molecule has 228 valence electrons. The molecule has 0 amide bonds. The summed E-state index contributed by atoms with van der Waals surface area (Å²) in [6.45, 7) is 7.64. The predicted octanol–water partition coefficient (Wildman–Crippen LogP) is 1.81. The van der Waals surface area contributed by atoms with Crippen molar-refractivity contribution in [3.63, 3.8) is 0 Å². The topological polar surface area (TPSA) is 147 Å². The van der Waals surface area contributed by atoms with Gasteiger partial charge in [-0.25, -0.2) is 4.68 Å². The molecule has 2 aliphatic rings. The number of hydrogen-bond donors (Lipinski definition) is 0. The van der Waals surface area contributed by atoms with E-state index in [0.717, 1.165) is 0 Å². The van der Waals surface area contributed by atoms with Gasteiger partial charge in [-0.2, -0.15) is 0 Å². The number of ether oxygens (including phenoxy) is 7. The van der Waals surface area contributed by atoms with E-state index in [2.05, 4.69) is 16.2 Å². The maximum Gasteiger partial charge on any atom is 0.303 e. The van der Waals surface area contributed by atoms with Gasteiger partial charge in [-0.1, -0.05) is 25.0 Å². The number of alkyl halides is 2. The zero-order valence-electron chi connectivity index (χ0n) is 23.5. The van der Waals surface area contributed by atoms with Gasteiger partial charge in [0.05, 0.1) is 31.3 Å². The fraction of sp³-hybridized carbons (Fsp3) is 0.731. The first kappa shape index (κ1) is 33.0. The quantitative estimate of drug-likeness (QED) is 0.110. The first-order valence-corrected chi connectivity index (χ1v) is 14.0. The summed E-state index contributed by atoms with van der Waals surface area (Å²) in [5.41, 5.74) is 0.567. The Bertz CT molecular complexity index is 1110. The molecule has 0 saturated carbocycles. The second kappa shape index (κ2) is 14.6. The highest BCUT2D eigenvalue weighted by atomic mass is 35.5. The van der Waals surface area contributed by atoms with Gasteiger partial charge in [-0.15, -0.1) is 34.7 Å². The van der Waals surface area contributed by atoms with Crippen molar-refractivity contribution in [3.05, 3.63) is 11.9 Å². The fourth-order valence-corrected chi connectivity index (χ4v) is 5.48. The normalized spacial score (nSPS) is 33.1. The molecule has 1 aromatic heterocycles. The molecule has 15 heteroatoms. The number of hydrogen-bond acceptors (Lipinski definition) is 12. The van der Waals surface area contributed by atoms with Crippen molar-refractivity contribution in [1.82, 2.24) is 15.0 Å². The molecule has 9 atom stereocenters. The first-order valence-electron chi connectivity index (χ1n) is 13.0. The van der Waals surface area contributed by atoms with Crippen LogP contribution < -0.4 is 0 Å². The number of esters is 3. The van der Waals surface area contributed by atoms with Gasteiger partial charge in [0, 0.05) is 32.6 Å². The third-order valence-corrected chi connectivity index (χ3v) is 7.61. The molecule has 2 saturated heterocycles. The van der Waals surface area contributed by atoms with Crippen molar-refractivity contribution in [1.29, 1.82) is 0 Å². The third kappa shape index (κ3) is 8.30. The lowest BCUT2D eigenvalue weighted by Crippen LogP contribution is -2.59. The predicted molar refractivity (Wildman–Crippen MR) is 142 cm³/mol. The Morgan fingerprint density at radius 1 is 1.12 bits per heavy atom. The highest BCUT2D eigenvalue weighted by Crippen LogP contribution is 2.44. The first-order chi connectivity index (χ1) is 19.4. The van der Waals surface area contributed by atoms with E-state index in [0.29, 0.717) is 5.69 Å². The average Bonchev–Trinajstić information content (AvgIpc) is 3.45. The average molecular weight is 620 g/mol. The summed E-state index contributed by atoms with van der Waals surface area (Å²) in [5, 5.41) is 7.33. The molecule has 2 fully saturated rings. The van der Waals surface area contributed by atoms with E-state index >= 15 is 0 Å². The summed E-state index contributed by atoms with van der Waals surface area (Å²) < 4.78 is 42.0. The summed E-state index contributed by atoms with van der Waals surface area (Å²) in [5.74, 6) is -2.24. The molecular weight excluding hydrogens is 585 g/mol. The van der Waals surface area contributed by atoms with Gasteiger partial charge in [0.2, 0.25) is 5.79 Å². The van der Waals surface area contributed by atoms with E-state index in [1.165, 1.54) is 20.8 Å². The van der Waals surface area contributed by atoms with E-state index in [1.54, 1.807) is 17.8 Å². The van der Waals surface area contributed by atoms with Crippen molar-refractivity contribution in [2.24, 2.45) is 11.8 Å². The van der Waals surface area contributed by atoms with Gasteiger partial charge in [-0.3, -0.25) is 14.4 Å². The lowest BCUT2D eigenvalue weighted by Gasteiger charge is -2.45. The molecule has 0 radical (unpaired) electrons. The molecule has 0 unspecified atom stereocenters. The van der Waals surface area contributed by atoms with Crippen LogP contribution in [0.1, 0.15) is 40.3 Å². The summed E-state index contributed by atoms with van der Waals surface area (Å²) in [7, 11) is 0. The number of halogens is 2. The number of rotatable bonds is 12. The second-order valence-corrected chi connectivity index (χ2v) is 10.7. The summed E-state index contributed by atoms with van der Waals surface area (Å²) >= 11 is 13.0. The van der Waals surface area contributed by atoms with Crippen LogP contribution in [0, 0.1) is 24.2 Å². The van der Waals surface area contributed by atoms with Crippen molar-refractivity contribution < 1.29 is 47.5 Å². The highest BCUT2D eigenvalue weighted by molar-refractivity contribution is 6.21. The third-order valence-electron chi connectivity index (χ3n) is 6.71. The molecular formula is C26H35Cl2N3O10. The summed E-state index contributed by atoms with van der Waals surface area (Å²) in [6.07, 6.45) is 2.48. The van der Waals surface area contributed by atoms with E-state index in [9.17, 15) is 14.4 Å². The summed E-state index contributed by atoms with van der Waals surface area (Å²) in [4.78, 5) is 35.5. The van der Waals surface area contributed by atoms with Gasteiger partial charge in [-0.05, 0) is 0 Å². The van der Waals surface area contributed by atoms with Crippen molar-refractivity contribution in [2.45, 2.75) is 89.6 Å². The van der Waals surface area contributed by atoms with E-state index in [4.69, 9.17) is 62.8 Å². The molecule has 13 nitrogen and oxygen atoms in total. The van der Waals surface area contributed by atoms with Crippen LogP contribution in [0.2, 0.25) is 0 Å². The minimum absolute atomic E-state index is 0.140. The highest BCUT2D eigenvalue weighted by Gasteiger charge is 2.59. The second-order valence-electron chi connectivity index (χ2n) is 9.96. The van der Waals surface area contributed by atoms with Gasteiger partial charge >= 0.3 is 17.9 Å². The lowest BCUT2D eigenvalue weighted by molar-refractivity contribution is -0.350. The molecule has 3 heterocycles. The Morgan fingerprint density at radius 3 is 2.44 bits per heavy atom. The SMILES string of the molecule is C#CCOCc1cn(C[C@H]2O[C@@](CCl)(O[C@H]3O[C@H](COC(C)=O)[C@H](Cl)[C@H](OC(C)=O)[C@H]3C)[C@@H](OC(C)=O)[C@@H]2C)nn1. The maximum absolute atomic E-state index is 12.1. The number of carbonyl (C=O) groups excluding carboxylic acids is 3. The molecule has 0 spiro atoms. The van der Waals surface area contributed by atoms with E-state index in [-0.39, 0.29) is 32.2 Å². The monoisotopic (exact) mass is 619 g/mol. The zero-order chi connectivity index (χ0) is 30.3. The Hall–Kier alpha value is -2.47. The number of aromatic nitrogens is 3. The van der Waals surface area contributed by atoms with E-state index in [1.807, 2.05) is 6.92 Å². The molecule has 0 N–H and O–H groups in total. The lowest BCUT2D eigenvalue weighted by atomic mass is 9.93. The standard InChI is InChI=1S/C26H35Cl2N3O10/c1-7-8-35-11-19-9-31(30-29-19)10-20-14(2)24(38-18(6)34)26(13-27,40-20)41-25-15(3)23(37-17(5)33)22(28)21(39-25)12-36-16(4)32/h1,9,14-15,20-25H,8,10-13H2,2-6H3/t14-,15-,20-,21-,22+,23-,24+,25-,26+/m1/s1. The Balaban J connectivity index is 1.86. The zero-order valence-corrected chi connectivity index (χ0v) is 25.0. The number of nitrogens with zero attached hydrogens (tertiary/aromatic N) is 3.